The number of hydrogen-bond acceptors (Lipinski definition) is 3. The van der Waals surface area contributed by atoms with Gasteiger partial charge in [0.2, 0.25) is 5.91 Å². The standard InChI is InChI=1S/C11H20N2O2/c12-3-4-15-7-11(14)13-10-6-8-1-2-9(10)5-8/h8-10H,1-7,12H2,(H,13,14). The number of nitrogens with two attached hydrogens (primary N) is 1. The maximum absolute atomic E-state index is 11.5. The highest BCUT2D eigenvalue weighted by Crippen LogP contribution is 2.44. The zero-order valence-corrected chi connectivity index (χ0v) is 9.08. The quantitative estimate of drug-likeness (QED) is 0.643. The highest BCUT2D eigenvalue weighted by molar-refractivity contribution is 5.77. The van der Waals surface area contributed by atoms with E-state index >= 15 is 0 Å². The van der Waals surface area contributed by atoms with E-state index in [0.29, 0.717) is 19.2 Å². The van der Waals surface area contributed by atoms with Crippen molar-refractivity contribution >= 4 is 5.91 Å². The summed E-state index contributed by atoms with van der Waals surface area (Å²) < 4.78 is 5.10. The van der Waals surface area contributed by atoms with Crippen LogP contribution in [0.3, 0.4) is 0 Å². The smallest absolute Gasteiger partial charge is 0.246 e. The molecule has 86 valence electrons. The van der Waals surface area contributed by atoms with Crippen LogP contribution < -0.4 is 11.1 Å². The summed E-state index contributed by atoms with van der Waals surface area (Å²) >= 11 is 0. The third-order valence-electron chi connectivity index (χ3n) is 3.58. The van der Waals surface area contributed by atoms with E-state index in [1.165, 1.54) is 25.7 Å². The Hall–Kier alpha value is -0.610. The van der Waals surface area contributed by atoms with Crippen molar-refractivity contribution in [1.29, 1.82) is 0 Å². The van der Waals surface area contributed by atoms with E-state index in [9.17, 15) is 4.79 Å². The molecule has 3 N–H and O–H groups in total. The van der Waals surface area contributed by atoms with Crippen LogP contribution in [0.1, 0.15) is 25.7 Å². The Bertz CT molecular complexity index is 233. The van der Waals surface area contributed by atoms with Crippen LogP contribution in [0.4, 0.5) is 0 Å². The molecule has 2 bridgehead atoms. The van der Waals surface area contributed by atoms with Gasteiger partial charge >= 0.3 is 0 Å². The molecule has 2 fully saturated rings. The van der Waals surface area contributed by atoms with Gasteiger partial charge in [0.25, 0.3) is 0 Å². The molecule has 0 aromatic carbocycles. The number of carbonyl (C=O) groups is 1. The van der Waals surface area contributed by atoms with Crippen LogP contribution >= 0.6 is 0 Å². The van der Waals surface area contributed by atoms with Crippen molar-refractivity contribution in [1.82, 2.24) is 5.32 Å². The van der Waals surface area contributed by atoms with Crippen LogP contribution in [0.2, 0.25) is 0 Å². The van der Waals surface area contributed by atoms with Gasteiger partial charge in [0, 0.05) is 12.6 Å². The monoisotopic (exact) mass is 212 g/mol. The molecule has 0 heterocycles. The molecule has 2 rings (SSSR count). The number of nitrogens with one attached hydrogen (secondary N) is 1. The second-order valence-electron chi connectivity index (χ2n) is 4.69. The van der Waals surface area contributed by atoms with E-state index in [1.54, 1.807) is 0 Å². The molecule has 0 aliphatic heterocycles. The molecule has 4 heteroatoms. The van der Waals surface area contributed by atoms with Gasteiger partial charge in [-0.1, -0.05) is 6.42 Å². The summed E-state index contributed by atoms with van der Waals surface area (Å²) in [5.41, 5.74) is 5.27. The predicted molar refractivity (Wildman–Crippen MR) is 57.3 cm³/mol. The Morgan fingerprint density at radius 2 is 2.27 bits per heavy atom. The Morgan fingerprint density at radius 3 is 2.87 bits per heavy atom. The second kappa shape index (κ2) is 4.94. The lowest BCUT2D eigenvalue weighted by Gasteiger charge is -2.22. The molecule has 2 aliphatic rings. The average molecular weight is 212 g/mol. The Morgan fingerprint density at radius 1 is 1.40 bits per heavy atom. The SMILES string of the molecule is NCCOCC(=O)NC1CC2CCC1C2. The van der Waals surface area contributed by atoms with Gasteiger partial charge in [-0.15, -0.1) is 0 Å². The summed E-state index contributed by atoms with van der Waals surface area (Å²) in [5.74, 6) is 1.61. The van der Waals surface area contributed by atoms with Crippen molar-refractivity contribution in [3.63, 3.8) is 0 Å². The minimum atomic E-state index is 0.0148. The topological polar surface area (TPSA) is 64.3 Å². The normalized spacial score (nSPS) is 33.3. The summed E-state index contributed by atoms with van der Waals surface area (Å²) in [7, 11) is 0. The van der Waals surface area contributed by atoms with Gasteiger partial charge in [0.1, 0.15) is 6.61 Å². The number of rotatable bonds is 5. The van der Waals surface area contributed by atoms with Gasteiger partial charge < -0.3 is 15.8 Å². The van der Waals surface area contributed by atoms with Crippen molar-refractivity contribution < 1.29 is 9.53 Å². The summed E-state index contributed by atoms with van der Waals surface area (Å²) in [6.07, 6.45) is 5.14. The van der Waals surface area contributed by atoms with Crippen LogP contribution in [0.5, 0.6) is 0 Å². The largest absolute Gasteiger partial charge is 0.370 e. The van der Waals surface area contributed by atoms with Crippen molar-refractivity contribution in [3.05, 3.63) is 0 Å². The van der Waals surface area contributed by atoms with Crippen molar-refractivity contribution in [2.24, 2.45) is 17.6 Å². The van der Waals surface area contributed by atoms with E-state index in [1.807, 2.05) is 0 Å². The first-order valence-electron chi connectivity index (χ1n) is 5.86. The van der Waals surface area contributed by atoms with Crippen molar-refractivity contribution in [2.45, 2.75) is 31.7 Å². The van der Waals surface area contributed by atoms with E-state index in [-0.39, 0.29) is 12.5 Å². The molecule has 3 unspecified atom stereocenters. The number of amides is 1. The van der Waals surface area contributed by atoms with Crippen molar-refractivity contribution in [2.75, 3.05) is 19.8 Å². The van der Waals surface area contributed by atoms with E-state index in [2.05, 4.69) is 5.32 Å². The van der Waals surface area contributed by atoms with E-state index in [0.717, 1.165) is 11.8 Å². The second-order valence-corrected chi connectivity index (χ2v) is 4.69. The Kier molecular flexibility index (Phi) is 3.59. The number of carbonyl (C=O) groups excluding carboxylic acids is 1. The third-order valence-corrected chi connectivity index (χ3v) is 3.58. The van der Waals surface area contributed by atoms with Gasteiger partial charge in [-0.05, 0) is 31.1 Å². The van der Waals surface area contributed by atoms with Crippen molar-refractivity contribution in [3.8, 4) is 0 Å². The highest BCUT2D eigenvalue weighted by atomic mass is 16.5. The molecule has 3 atom stereocenters. The molecular weight excluding hydrogens is 192 g/mol. The molecule has 0 radical (unpaired) electrons. The summed E-state index contributed by atoms with van der Waals surface area (Å²) in [4.78, 5) is 11.5. The summed E-state index contributed by atoms with van der Waals surface area (Å²) in [5, 5.41) is 3.06. The minimum Gasteiger partial charge on any atom is -0.370 e. The highest BCUT2D eigenvalue weighted by Gasteiger charge is 2.39. The fraction of sp³-hybridized carbons (Fsp3) is 0.909. The van der Waals surface area contributed by atoms with Gasteiger partial charge in [-0.25, -0.2) is 0 Å². The molecule has 0 saturated heterocycles. The van der Waals surface area contributed by atoms with Gasteiger partial charge in [-0.3, -0.25) is 4.79 Å². The van der Waals surface area contributed by atoms with E-state index in [4.69, 9.17) is 10.5 Å². The first kappa shape index (κ1) is 10.9. The van der Waals surface area contributed by atoms with Crippen LogP contribution in [0.25, 0.3) is 0 Å². The van der Waals surface area contributed by atoms with Crippen LogP contribution in [0, 0.1) is 11.8 Å². The number of ether oxygens (including phenoxy) is 1. The number of fused-ring (bicyclic) bond motifs is 2. The predicted octanol–water partition coefficient (Wildman–Crippen LogP) is 0.266. The van der Waals surface area contributed by atoms with E-state index < -0.39 is 0 Å². The zero-order valence-electron chi connectivity index (χ0n) is 9.08. The van der Waals surface area contributed by atoms with Crippen LogP contribution in [-0.4, -0.2) is 31.7 Å². The molecule has 2 saturated carbocycles. The lowest BCUT2D eigenvalue weighted by molar-refractivity contribution is -0.126. The molecule has 0 spiro atoms. The minimum absolute atomic E-state index is 0.0148. The van der Waals surface area contributed by atoms with Crippen LogP contribution in [-0.2, 0) is 9.53 Å². The maximum Gasteiger partial charge on any atom is 0.246 e. The summed E-state index contributed by atoms with van der Waals surface area (Å²) in [6.45, 7) is 1.09. The molecule has 2 aliphatic carbocycles. The van der Waals surface area contributed by atoms with Gasteiger partial charge in [0.15, 0.2) is 0 Å². The zero-order chi connectivity index (χ0) is 10.7. The first-order valence-corrected chi connectivity index (χ1v) is 5.86. The third kappa shape index (κ3) is 2.69. The lowest BCUT2D eigenvalue weighted by Crippen LogP contribution is -2.40. The fourth-order valence-corrected chi connectivity index (χ4v) is 2.92. The maximum atomic E-state index is 11.5. The Balaban J connectivity index is 1.66. The Labute approximate surface area is 90.5 Å². The fourth-order valence-electron chi connectivity index (χ4n) is 2.92. The molecule has 4 nitrogen and oxygen atoms in total. The molecule has 1 amide bonds. The molecule has 0 aromatic heterocycles. The van der Waals surface area contributed by atoms with Gasteiger partial charge in [-0.2, -0.15) is 0 Å². The lowest BCUT2D eigenvalue weighted by atomic mass is 9.95. The molecule has 15 heavy (non-hydrogen) atoms. The molecule has 0 aromatic rings. The average Bonchev–Trinajstić information content (AvgIpc) is 2.79. The number of hydrogen-bond donors (Lipinski definition) is 2. The van der Waals surface area contributed by atoms with Gasteiger partial charge in [0.05, 0.1) is 6.61 Å². The molecular formula is C11H20N2O2. The first-order chi connectivity index (χ1) is 7.29. The summed E-state index contributed by atoms with van der Waals surface area (Å²) in [6, 6.07) is 0.415. The van der Waals surface area contributed by atoms with Crippen LogP contribution in [0.15, 0.2) is 0 Å².